The molecule has 1 N–H and O–H groups in total. The number of benzene rings is 3. The second-order valence-corrected chi connectivity index (χ2v) is 7.53. The Hall–Kier alpha value is -2.83. The van der Waals surface area contributed by atoms with Crippen LogP contribution in [0.3, 0.4) is 0 Å². The summed E-state index contributed by atoms with van der Waals surface area (Å²) in [6.45, 7) is 2.77. The summed E-state index contributed by atoms with van der Waals surface area (Å²) in [6.07, 6.45) is 1.55. The summed E-state index contributed by atoms with van der Waals surface area (Å²) in [6, 6.07) is 20.1. The van der Waals surface area contributed by atoms with Gasteiger partial charge >= 0.3 is 0 Å². The fourth-order valence-corrected chi connectivity index (χ4v) is 3.33. The third-order valence-electron chi connectivity index (χ3n) is 4.05. The summed E-state index contributed by atoms with van der Waals surface area (Å²) >= 11 is 9.37. The minimum atomic E-state index is -0.301. The molecule has 0 saturated carbocycles. The number of hydrogen-bond acceptors (Lipinski definition) is 4. The van der Waals surface area contributed by atoms with E-state index in [1.807, 2.05) is 55.5 Å². The Bertz CT molecular complexity index is 1060. The molecule has 3 aromatic carbocycles. The van der Waals surface area contributed by atoms with E-state index in [0.29, 0.717) is 39.8 Å². The first kappa shape index (κ1) is 21.9. The molecule has 3 rings (SSSR count). The number of nitrogens with one attached hydrogen (secondary N) is 1. The van der Waals surface area contributed by atoms with Crippen molar-refractivity contribution in [3.05, 3.63) is 92.9 Å². The van der Waals surface area contributed by atoms with Crippen molar-refractivity contribution in [2.24, 2.45) is 5.10 Å². The van der Waals surface area contributed by atoms with E-state index in [1.54, 1.807) is 24.4 Å². The number of rotatable bonds is 8. The highest BCUT2D eigenvalue weighted by Crippen LogP contribution is 2.29. The molecule has 7 heteroatoms. The number of carbonyl (C=O) groups is 1. The molecule has 5 nitrogen and oxygen atoms in total. The van der Waals surface area contributed by atoms with E-state index in [1.165, 1.54) is 0 Å². The van der Waals surface area contributed by atoms with Gasteiger partial charge in [-0.2, -0.15) is 5.10 Å². The van der Waals surface area contributed by atoms with Crippen molar-refractivity contribution in [3.8, 4) is 11.5 Å². The number of ether oxygens (including phenoxy) is 2. The van der Waals surface area contributed by atoms with Gasteiger partial charge in [-0.3, -0.25) is 4.79 Å². The summed E-state index contributed by atoms with van der Waals surface area (Å²) in [5, 5.41) is 4.70. The molecule has 0 fully saturated rings. The third kappa shape index (κ3) is 6.08. The van der Waals surface area contributed by atoms with E-state index in [0.717, 1.165) is 11.1 Å². The SMILES string of the molecule is CCOc1cc(/C=N/NC(=O)c2ccccc2Br)ccc1OCc1cccc(Cl)c1. The molecule has 0 aliphatic rings. The standard InChI is InChI=1S/C23H20BrClN2O3/c1-2-29-22-13-16(14-26-27-23(28)19-8-3-4-9-20(19)24)10-11-21(22)30-15-17-6-5-7-18(25)12-17/h3-14H,2,15H2,1H3,(H,27,28)/b26-14+. The van der Waals surface area contributed by atoms with Gasteiger partial charge in [0.1, 0.15) is 6.61 Å². The lowest BCUT2D eigenvalue weighted by Crippen LogP contribution is -2.18. The van der Waals surface area contributed by atoms with Gasteiger partial charge in [0.15, 0.2) is 11.5 Å². The van der Waals surface area contributed by atoms with Crippen LogP contribution in [-0.4, -0.2) is 18.7 Å². The zero-order valence-electron chi connectivity index (χ0n) is 16.3. The van der Waals surface area contributed by atoms with Crippen LogP contribution >= 0.6 is 27.5 Å². The average molecular weight is 488 g/mol. The zero-order chi connectivity index (χ0) is 21.3. The van der Waals surface area contributed by atoms with Crippen LogP contribution in [0.5, 0.6) is 11.5 Å². The Morgan fingerprint density at radius 1 is 1.07 bits per heavy atom. The fourth-order valence-electron chi connectivity index (χ4n) is 2.65. The lowest BCUT2D eigenvalue weighted by molar-refractivity contribution is 0.0954. The van der Waals surface area contributed by atoms with Gasteiger partial charge in [-0.05, 0) is 76.4 Å². The van der Waals surface area contributed by atoms with E-state index in [9.17, 15) is 4.79 Å². The first-order chi connectivity index (χ1) is 14.6. The van der Waals surface area contributed by atoms with Gasteiger partial charge in [0, 0.05) is 9.50 Å². The predicted molar refractivity (Wildman–Crippen MR) is 123 cm³/mol. The molecule has 0 atom stereocenters. The van der Waals surface area contributed by atoms with E-state index in [-0.39, 0.29) is 5.91 Å². The predicted octanol–water partition coefficient (Wildman–Crippen LogP) is 5.84. The van der Waals surface area contributed by atoms with Crippen LogP contribution in [0.25, 0.3) is 0 Å². The van der Waals surface area contributed by atoms with Gasteiger partial charge in [0.25, 0.3) is 5.91 Å². The van der Waals surface area contributed by atoms with Crippen molar-refractivity contribution in [2.75, 3.05) is 6.61 Å². The van der Waals surface area contributed by atoms with Crippen molar-refractivity contribution in [1.29, 1.82) is 0 Å². The number of hydrazone groups is 1. The smallest absolute Gasteiger partial charge is 0.272 e. The van der Waals surface area contributed by atoms with Crippen molar-refractivity contribution < 1.29 is 14.3 Å². The highest BCUT2D eigenvalue weighted by molar-refractivity contribution is 9.10. The lowest BCUT2D eigenvalue weighted by atomic mass is 10.2. The van der Waals surface area contributed by atoms with Crippen LogP contribution in [0, 0.1) is 0 Å². The van der Waals surface area contributed by atoms with E-state index in [4.69, 9.17) is 21.1 Å². The number of nitrogens with zero attached hydrogens (tertiary/aromatic N) is 1. The van der Waals surface area contributed by atoms with Gasteiger partial charge in [-0.15, -0.1) is 0 Å². The monoisotopic (exact) mass is 486 g/mol. The maximum atomic E-state index is 12.2. The molecule has 0 bridgehead atoms. The quantitative estimate of drug-likeness (QED) is 0.320. The maximum absolute atomic E-state index is 12.2. The molecule has 0 heterocycles. The van der Waals surface area contributed by atoms with Crippen LogP contribution in [0.15, 0.2) is 76.3 Å². The fraction of sp³-hybridized carbons (Fsp3) is 0.130. The largest absolute Gasteiger partial charge is 0.490 e. The van der Waals surface area contributed by atoms with Crippen molar-refractivity contribution >= 4 is 39.7 Å². The van der Waals surface area contributed by atoms with Crippen LogP contribution in [0.4, 0.5) is 0 Å². The molecule has 0 saturated heterocycles. The van der Waals surface area contributed by atoms with Crippen molar-refractivity contribution in [3.63, 3.8) is 0 Å². The molecule has 0 aliphatic heterocycles. The summed E-state index contributed by atoms with van der Waals surface area (Å²) in [4.78, 5) is 12.2. The van der Waals surface area contributed by atoms with Crippen LogP contribution < -0.4 is 14.9 Å². The molecular formula is C23H20BrClN2O3. The highest BCUT2D eigenvalue weighted by Gasteiger charge is 2.09. The van der Waals surface area contributed by atoms with Crippen molar-refractivity contribution in [2.45, 2.75) is 13.5 Å². The summed E-state index contributed by atoms with van der Waals surface area (Å²) in [5.41, 5.74) is 4.76. The Morgan fingerprint density at radius 2 is 1.90 bits per heavy atom. The van der Waals surface area contributed by atoms with Gasteiger partial charge in [0.05, 0.1) is 18.4 Å². The summed E-state index contributed by atoms with van der Waals surface area (Å²) in [5.74, 6) is 0.914. The summed E-state index contributed by atoms with van der Waals surface area (Å²) in [7, 11) is 0. The number of carbonyl (C=O) groups excluding carboxylic acids is 1. The molecule has 30 heavy (non-hydrogen) atoms. The van der Waals surface area contributed by atoms with E-state index in [2.05, 4.69) is 26.5 Å². The molecule has 0 aliphatic carbocycles. The maximum Gasteiger partial charge on any atom is 0.272 e. The number of hydrogen-bond donors (Lipinski definition) is 1. The van der Waals surface area contributed by atoms with Crippen LogP contribution in [-0.2, 0) is 6.61 Å². The molecule has 3 aromatic rings. The normalized spacial score (nSPS) is 10.8. The molecule has 0 radical (unpaired) electrons. The molecule has 0 spiro atoms. The first-order valence-electron chi connectivity index (χ1n) is 9.29. The number of halogens is 2. The molecular weight excluding hydrogens is 468 g/mol. The van der Waals surface area contributed by atoms with Gasteiger partial charge in [-0.25, -0.2) is 5.43 Å². The minimum Gasteiger partial charge on any atom is -0.490 e. The molecule has 0 aromatic heterocycles. The second-order valence-electron chi connectivity index (χ2n) is 6.24. The average Bonchev–Trinajstić information content (AvgIpc) is 2.74. The Balaban J connectivity index is 1.67. The molecule has 154 valence electrons. The Morgan fingerprint density at radius 3 is 2.67 bits per heavy atom. The van der Waals surface area contributed by atoms with Crippen molar-refractivity contribution in [1.82, 2.24) is 5.43 Å². The lowest BCUT2D eigenvalue weighted by Gasteiger charge is -2.13. The number of amides is 1. The third-order valence-corrected chi connectivity index (χ3v) is 4.98. The first-order valence-corrected chi connectivity index (χ1v) is 10.5. The summed E-state index contributed by atoms with van der Waals surface area (Å²) < 4.78 is 12.3. The molecule has 1 amide bonds. The second kappa shape index (κ2) is 10.8. The van der Waals surface area contributed by atoms with Gasteiger partial charge in [0.2, 0.25) is 0 Å². The van der Waals surface area contributed by atoms with Gasteiger partial charge in [-0.1, -0.05) is 35.9 Å². The Labute approximate surface area is 188 Å². The van der Waals surface area contributed by atoms with Crippen LogP contribution in [0.1, 0.15) is 28.4 Å². The topological polar surface area (TPSA) is 59.9 Å². The Kier molecular flexibility index (Phi) is 7.88. The van der Waals surface area contributed by atoms with Crippen LogP contribution in [0.2, 0.25) is 5.02 Å². The van der Waals surface area contributed by atoms with E-state index >= 15 is 0 Å². The zero-order valence-corrected chi connectivity index (χ0v) is 18.6. The van der Waals surface area contributed by atoms with Gasteiger partial charge < -0.3 is 9.47 Å². The minimum absolute atomic E-state index is 0.301. The molecule has 0 unspecified atom stereocenters. The highest BCUT2D eigenvalue weighted by atomic mass is 79.9. The van der Waals surface area contributed by atoms with E-state index < -0.39 is 0 Å².